The molecule has 0 aliphatic heterocycles. The van der Waals surface area contributed by atoms with Gasteiger partial charge in [-0.25, -0.2) is 0 Å². The largest absolute Gasteiger partial charge is 0.496 e. The predicted molar refractivity (Wildman–Crippen MR) is 65.8 cm³/mol. The number of rotatable bonds is 5. The Morgan fingerprint density at radius 1 is 1.50 bits per heavy atom. The molecule has 1 rings (SSSR count). The molecule has 0 radical (unpaired) electrons. The van der Waals surface area contributed by atoms with Crippen LogP contribution in [0, 0.1) is 5.92 Å². The molecule has 0 heterocycles. The van der Waals surface area contributed by atoms with Crippen LogP contribution in [0.4, 0.5) is 0 Å². The fraction of sp³-hybridized carbons (Fsp3) is 0.500. The summed E-state index contributed by atoms with van der Waals surface area (Å²) < 4.78 is 5.20. The predicted octanol–water partition coefficient (Wildman–Crippen LogP) is 2.37. The lowest BCUT2D eigenvalue weighted by atomic mass is 9.93. The third kappa shape index (κ3) is 2.88. The molecule has 90 valence electrons. The molecule has 2 unspecified atom stereocenters. The first-order chi connectivity index (χ1) is 7.63. The van der Waals surface area contributed by atoms with Crippen molar-refractivity contribution >= 4 is 11.6 Å². The Morgan fingerprint density at radius 2 is 2.19 bits per heavy atom. The molecule has 0 fully saturated rings. The van der Waals surface area contributed by atoms with Crippen LogP contribution >= 0.6 is 11.6 Å². The molecule has 4 heteroatoms. The first-order valence-corrected chi connectivity index (χ1v) is 5.73. The molecule has 0 aliphatic carbocycles. The van der Waals surface area contributed by atoms with Crippen LogP contribution < -0.4 is 10.5 Å². The zero-order valence-electron chi connectivity index (χ0n) is 9.61. The van der Waals surface area contributed by atoms with Gasteiger partial charge in [0, 0.05) is 16.5 Å². The van der Waals surface area contributed by atoms with Gasteiger partial charge < -0.3 is 15.6 Å². The number of nitrogens with two attached hydrogens (primary N) is 1. The maximum atomic E-state index is 10.2. The summed E-state index contributed by atoms with van der Waals surface area (Å²) in [4.78, 5) is 0. The van der Waals surface area contributed by atoms with Crippen LogP contribution in [0.3, 0.4) is 0 Å². The molecular weight excluding hydrogens is 226 g/mol. The van der Waals surface area contributed by atoms with E-state index in [1.54, 1.807) is 25.3 Å². The number of benzene rings is 1. The van der Waals surface area contributed by atoms with Crippen molar-refractivity contribution < 1.29 is 9.84 Å². The third-order valence-corrected chi connectivity index (χ3v) is 3.02. The van der Waals surface area contributed by atoms with E-state index in [2.05, 4.69) is 0 Å². The van der Waals surface area contributed by atoms with E-state index < -0.39 is 6.10 Å². The second-order valence-electron chi connectivity index (χ2n) is 3.74. The Kier molecular flexibility index (Phi) is 5.06. The van der Waals surface area contributed by atoms with Gasteiger partial charge in [0.15, 0.2) is 0 Å². The molecule has 1 aromatic rings. The molecule has 0 aromatic heterocycles. The van der Waals surface area contributed by atoms with Gasteiger partial charge in [-0.05, 0) is 31.2 Å². The van der Waals surface area contributed by atoms with E-state index >= 15 is 0 Å². The van der Waals surface area contributed by atoms with Gasteiger partial charge in [-0.2, -0.15) is 0 Å². The summed E-state index contributed by atoms with van der Waals surface area (Å²) >= 11 is 5.91. The Labute approximate surface area is 101 Å². The summed E-state index contributed by atoms with van der Waals surface area (Å²) in [6.07, 6.45) is 0.177. The van der Waals surface area contributed by atoms with E-state index in [1.165, 1.54) is 0 Å². The monoisotopic (exact) mass is 243 g/mol. The highest BCUT2D eigenvalue weighted by Crippen LogP contribution is 2.33. The number of aliphatic hydroxyl groups is 1. The van der Waals surface area contributed by atoms with Crippen molar-refractivity contribution in [1.82, 2.24) is 0 Å². The van der Waals surface area contributed by atoms with Gasteiger partial charge in [-0.3, -0.25) is 0 Å². The van der Waals surface area contributed by atoms with Crippen LogP contribution in [0.15, 0.2) is 18.2 Å². The number of ether oxygens (including phenoxy) is 1. The zero-order valence-corrected chi connectivity index (χ0v) is 10.4. The molecule has 2 atom stereocenters. The quantitative estimate of drug-likeness (QED) is 0.835. The number of hydrogen-bond acceptors (Lipinski definition) is 3. The van der Waals surface area contributed by atoms with Crippen molar-refractivity contribution in [2.45, 2.75) is 19.4 Å². The Hall–Kier alpha value is -0.770. The smallest absolute Gasteiger partial charge is 0.124 e. The van der Waals surface area contributed by atoms with E-state index in [0.717, 1.165) is 6.42 Å². The molecule has 0 saturated carbocycles. The van der Waals surface area contributed by atoms with Crippen LogP contribution in [0.2, 0.25) is 5.02 Å². The summed E-state index contributed by atoms with van der Waals surface area (Å²) in [5.41, 5.74) is 6.32. The maximum Gasteiger partial charge on any atom is 0.124 e. The summed E-state index contributed by atoms with van der Waals surface area (Å²) in [6.45, 7) is 2.44. The second-order valence-corrected chi connectivity index (χ2v) is 4.17. The average molecular weight is 244 g/mol. The third-order valence-electron chi connectivity index (χ3n) is 2.78. The minimum Gasteiger partial charge on any atom is -0.496 e. The molecule has 0 aliphatic rings. The minimum absolute atomic E-state index is 0.0207. The molecule has 16 heavy (non-hydrogen) atoms. The molecule has 0 saturated heterocycles. The van der Waals surface area contributed by atoms with Crippen LogP contribution in [-0.2, 0) is 0 Å². The fourth-order valence-electron chi connectivity index (χ4n) is 1.71. The van der Waals surface area contributed by atoms with Crippen LogP contribution in [0.5, 0.6) is 5.75 Å². The number of aliphatic hydroxyl groups excluding tert-OH is 1. The van der Waals surface area contributed by atoms with Crippen molar-refractivity contribution in [1.29, 1.82) is 0 Å². The van der Waals surface area contributed by atoms with Crippen molar-refractivity contribution in [3.05, 3.63) is 28.8 Å². The van der Waals surface area contributed by atoms with Crippen molar-refractivity contribution in [2.24, 2.45) is 11.7 Å². The van der Waals surface area contributed by atoms with Crippen molar-refractivity contribution in [3.63, 3.8) is 0 Å². The molecule has 3 N–H and O–H groups in total. The van der Waals surface area contributed by atoms with Gasteiger partial charge in [0.2, 0.25) is 0 Å². The summed E-state index contributed by atoms with van der Waals surface area (Å²) in [7, 11) is 1.57. The van der Waals surface area contributed by atoms with Crippen molar-refractivity contribution in [3.8, 4) is 5.75 Å². The first kappa shape index (κ1) is 13.3. The normalized spacial score (nSPS) is 14.6. The van der Waals surface area contributed by atoms with Gasteiger partial charge >= 0.3 is 0 Å². The van der Waals surface area contributed by atoms with Gasteiger partial charge in [0.1, 0.15) is 5.75 Å². The van der Waals surface area contributed by atoms with E-state index in [-0.39, 0.29) is 5.92 Å². The lowest BCUT2D eigenvalue weighted by Crippen LogP contribution is -2.21. The summed E-state index contributed by atoms with van der Waals surface area (Å²) in [5.74, 6) is 0.663. The molecule has 0 amide bonds. The SMILES string of the molecule is CCC(CN)C(O)c1cc(Cl)ccc1OC. The minimum atomic E-state index is -0.636. The summed E-state index contributed by atoms with van der Waals surface area (Å²) in [5, 5.41) is 10.8. The molecule has 3 nitrogen and oxygen atoms in total. The Balaban J connectivity index is 3.04. The molecular formula is C12H18ClNO2. The van der Waals surface area contributed by atoms with Crippen LogP contribution in [0.25, 0.3) is 0 Å². The molecule has 1 aromatic carbocycles. The second kappa shape index (κ2) is 6.09. The highest BCUT2D eigenvalue weighted by atomic mass is 35.5. The highest BCUT2D eigenvalue weighted by molar-refractivity contribution is 6.30. The standard InChI is InChI=1S/C12H18ClNO2/c1-3-8(7-14)12(15)10-6-9(13)4-5-11(10)16-2/h4-6,8,12,15H,3,7,14H2,1-2H3. The van der Waals surface area contributed by atoms with Gasteiger partial charge in [0.05, 0.1) is 13.2 Å². The van der Waals surface area contributed by atoms with Crippen LogP contribution in [0.1, 0.15) is 25.0 Å². The van der Waals surface area contributed by atoms with E-state index in [0.29, 0.717) is 22.9 Å². The fourth-order valence-corrected chi connectivity index (χ4v) is 1.89. The lowest BCUT2D eigenvalue weighted by Gasteiger charge is -2.22. The van der Waals surface area contributed by atoms with E-state index in [1.807, 2.05) is 6.92 Å². The van der Waals surface area contributed by atoms with Gasteiger partial charge in [0.25, 0.3) is 0 Å². The molecule has 0 bridgehead atoms. The Bertz CT molecular complexity index is 340. The maximum absolute atomic E-state index is 10.2. The first-order valence-electron chi connectivity index (χ1n) is 5.35. The highest BCUT2D eigenvalue weighted by Gasteiger charge is 2.21. The Morgan fingerprint density at radius 3 is 2.69 bits per heavy atom. The lowest BCUT2D eigenvalue weighted by molar-refractivity contribution is 0.107. The van der Waals surface area contributed by atoms with Gasteiger partial charge in [-0.1, -0.05) is 18.5 Å². The number of methoxy groups -OCH3 is 1. The van der Waals surface area contributed by atoms with Crippen molar-refractivity contribution in [2.75, 3.05) is 13.7 Å². The average Bonchev–Trinajstić information content (AvgIpc) is 2.30. The van der Waals surface area contributed by atoms with E-state index in [9.17, 15) is 5.11 Å². The van der Waals surface area contributed by atoms with Gasteiger partial charge in [-0.15, -0.1) is 0 Å². The zero-order chi connectivity index (χ0) is 12.1. The van der Waals surface area contributed by atoms with E-state index in [4.69, 9.17) is 22.1 Å². The topological polar surface area (TPSA) is 55.5 Å². The van der Waals surface area contributed by atoms with Crippen LogP contribution in [-0.4, -0.2) is 18.8 Å². The summed E-state index contributed by atoms with van der Waals surface area (Å²) in [6, 6.07) is 5.22. The number of halogens is 1. The number of hydrogen-bond donors (Lipinski definition) is 2. The molecule has 0 spiro atoms.